The summed E-state index contributed by atoms with van der Waals surface area (Å²) in [6.45, 7) is 0. The summed E-state index contributed by atoms with van der Waals surface area (Å²) in [6.07, 6.45) is 1.98. The molecule has 1 aromatic carbocycles. The summed E-state index contributed by atoms with van der Waals surface area (Å²) in [5, 5.41) is 5.44. The van der Waals surface area contributed by atoms with Crippen LogP contribution in [0.2, 0.25) is 0 Å². The monoisotopic (exact) mass is 297 g/mol. The highest BCUT2D eigenvalue weighted by Crippen LogP contribution is 2.28. The van der Waals surface area contributed by atoms with E-state index in [0.29, 0.717) is 17.0 Å². The van der Waals surface area contributed by atoms with E-state index in [2.05, 4.69) is 10.1 Å². The minimum atomic E-state index is 0.510. The van der Waals surface area contributed by atoms with Crippen LogP contribution < -0.4 is 5.59 Å². The van der Waals surface area contributed by atoms with Crippen LogP contribution in [0, 0.1) is 0 Å². The highest BCUT2D eigenvalue weighted by atomic mass is 32.2. The Kier molecular flexibility index (Phi) is 2.65. The number of aromatic nitrogens is 3. The molecule has 0 amide bonds. The Balaban J connectivity index is 1.92. The molecule has 0 aliphatic heterocycles. The fourth-order valence-electron chi connectivity index (χ4n) is 2.11. The van der Waals surface area contributed by atoms with Gasteiger partial charge in [0, 0.05) is 11.0 Å². The second kappa shape index (κ2) is 4.39. The van der Waals surface area contributed by atoms with Crippen LogP contribution in [0.3, 0.4) is 0 Å². The van der Waals surface area contributed by atoms with Crippen LogP contribution in [-0.4, -0.2) is 28.7 Å². The van der Waals surface area contributed by atoms with E-state index in [0.717, 1.165) is 20.3 Å². The predicted molar refractivity (Wildman–Crippen MR) is 83.2 cm³/mol. The molecule has 3 aromatic heterocycles. The molecule has 0 unspecified atom stereocenters. The van der Waals surface area contributed by atoms with Crippen LogP contribution in [-0.2, 0) is 0 Å². The van der Waals surface area contributed by atoms with Crippen molar-refractivity contribution in [3.8, 4) is 11.5 Å². The Morgan fingerprint density at radius 3 is 2.95 bits per heavy atom. The third-order valence-corrected chi connectivity index (χ3v) is 4.94. The summed E-state index contributed by atoms with van der Waals surface area (Å²) in [5.41, 5.74) is 1.99. The lowest BCUT2D eigenvalue weighted by atomic mass is 10.0. The lowest BCUT2D eigenvalue weighted by Gasteiger charge is -1.93. The van der Waals surface area contributed by atoms with Crippen LogP contribution in [0.25, 0.3) is 27.4 Å². The van der Waals surface area contributed by atoms with E-state index in [4.69, 9.17) is 12.3 Å². The first-order chi connectivity index (χ1) is 9.76. The Hall–Kier alpha value is -1.73. The van der Waals surface area contributed by atoms with Gasteiger partial charge in [0.25, 0.3) is 0 Å². The SMILES string of the molecule is [B]c1c(-c2cc3ccccc3o2)nc2sc(SC)nn12. The van der Waals surface area contributed by atoms with Crippen molar-refractivity contribution < 1.29 is 4.42 Å². The van der Waals surface area contributed by atoms with Crippen LogP contribution in [0.15, 0.2) is 39.1 Å². The largest absolute Gasteiger partial charge is 0.454 e. The van der Waals surface area contributed by atoms with E-state index in [1.54, 1.807) is 16.3 Å². The number of nitrogens with zero attached hydrogens (tertiary/aromatic N) is 3. The van der Waals surface area contributed by atoms with Gasteiger partial charge >= 0.3 is 0 Å². The highest BCUT2D eigenvalue weighted by molar-refractivity contribution is 8.00. The van der Waals surface area contributed by atoms with Crippen LogP contribution >= 0.6 is 23.1 Å². The lowest BCUT2D eigenvalue weighted by Crippen LogP contribution is -2.13. The van der Waals surface area contributed by atoms with Crippen molar-refractivity contribution >= 4 is 52.5 Å². The molecule has 4 aromatic rings. The number of hydrogen-bond acceptors (Lipinski definition) is 5. The smallest absolute Gasteiger partial charge is 0.213 e. The average molecular weight is 297 g/mol. The molecule has 0 spiro atoms. The van der Waals surface area contributed by atoms with Gasteiger partial charge in [0.05, 0.1) is 0 Å². The first-order valence-corrected chi connectivity index (χ1v) is 7.98. The third-order valence-electron chi connectivity index (χ3n) is 3.05. The van der Waals surface area contributed by atoms with Gasteiger partial charge in [-0.05, 0) is 18.4 Å². The average Bonchev–Trinajstić information content (AvgIpc) is 3.12. The molecular formula is C13H8BN3OS2. The molecule has 0 aliphatic carbocycles. The molecule has 3 heterocycles. The molecular weight excluding hydrogens is 289 g/mol. The molecule has 0 fully saturated rings. The molecule has 96 valence electrons. The Bertz CT molecular complexity index is 891. The second-order valence-corrected chi connectivity index (χ2v) is 6.27. The predicted octanol–water partition coefficient (Wildman–Crippen LogP) is 2.72. The van der Waals surface area contributed by atoms with E-state index >= 15 is 0 Å². The summed E-state index contributed by atoms with van der Waals surface area (Å²) in [7, 11) is 6.14. The molecule has 0 atom stereocenters. The van der Waals surface area contributed by atoms with Gasteiger partial charge in [-0.2, -0.15) is 0 Å². The van der Waals surface area contributed by atoms with Crippen molar-refractivity contribution in [3.63, 3.8) is 0 Å². The first kappa shape index (κ1) is 12.0. The number of para-hydroxylation sites is 1. The molecule has 4 nitrogen and oxygen atoms in total. The summed E-state index contributed by atoms with van der Waals surface area (Å²) in [5.74, 6) is 0.673. The van der Waals surface area contributed by atoms with Crippen LogP contribution in [0.1, 0.15) is 0 Å². The molecule has 7 heteroatoms. The Labute approximate surface area is 124 Å². The lowest BCUT2D eigenvalue weighted by molar-refractivity contribution is 0.630. The van der Waals surface area contributed by atoms with Gasteiger partial charge in [-0.25, -0.2) is 9.50 Å². The zero-order valence-electron chi connectivity index (χ0n) is 10.5. The van der Waals surface area contributed by atoms with Crippen LogP contribution in [0.4, 0.5) is 0 Å². The summed E-state index contributed by atoms with van der Waals surface area (Å²) < 4.78 is 8.41. The molecule has 20 heavy (non-hydrogen) atoms. The maximum absolute atomic E-state index is 6.14. The van der Waals surface area contributed by atoms with Gasteiger partial charge < -0.3 is 4.42 Å². The van der Waals surface area contributed by atoms with Gasteiger partial charge in [0.2, 0.25) is 4.96 Å². The molecule has 0 aliphatic rings. The van der Waals surface area contributed by atoms with Crippen molar-refractivity contribution in [2.75, 3.05) is 6.26 Å². The number of thioether (sulfide) groups is 1. The van der Waals surface area contributed by atoms with Gasteiger partial charge in [-0.3, -0.25) is 0 Å². The van der Waals surface area contributed by atoms with E-state index < -0.39 is 0 Å². The minimum absolute atomic E-state index is 0.510. The zero-order valence-corrected chi connectivity index (χ0v) is 12.2. The fraction of sp³-hybridized carbons (Fsp3) is 0.0769. The minimum Gasteiger partial charge on any atom is -0.454 e. The number of imidazole rings is 1. The van der Waals surface area contributed by atoms with Gasteiger partial charge in [0.15, 0.2) is 10.1 Å². The summed E-state index contributed by atoms with van der Waals surface area (Å²) >= 11 is 3.10. The normalized spacial score (nSPS) is 11.7. The number of furan rings is 1. The quantitative estimate of drug-likeness (QED) is 0.421. The van der Waals surface area contributed by atoms with Gasteiger partial charge in [0.1, 0.15) is 19.1 Å². The fourth-order valence-corrected chi connectivity index (χ4v) is 3.47. The maximum Gasteiger partial charge on any atom is 0.213 e. The van der Waals surface area contributed by atoms with E-state index in [1.165, 1.54) is 11.3 Å². The first-order valence-electron chi connectivity index (χ1n) is 5.94. The number of rotatable bonds is 2. The van der Waals surface area contributed by atoms with Crippen LogP contribution in [0.5, 0.6) is 0 Å². The van der Waals surface area contributed by atoms with Crippen molar-refractivity contribution in [2.45, 2.75) is 4.34 Å². The highest BCUT2D eigenvalue weighted by Gasteiger charge is 2.17. The Morgan fingerprint density at radius 1 is 1.35 bits per heavy atom. The zero-order chi connectivity index (χ0) is 13.7. The standard InChI is InChI=1S/C13H8BN3OS2/c1-19-13-16-17-11(14)10(15-12(17)20-13)9-6-7-4-2-3-5-8(7)18-9/h2-6H,1H3. The van der Waals surface area contributed by atoms with Crippen molar-refractivity contribution in [1.29, 1.82) is 0 Å². The molecule has 0 saturated heterocycles. The molecule has 0 N–H and O–H groups in total. The Morgan fingerprint density at radius 2 is 2.20 bits per heavy atom. The molecule has 0 saturated carbocycles. The van der Waals surface area contributed by atoms with Gasteiger partial charge in [-0.15, -0.1) is 5.10 Å². The van der Waals surface area contributed by atoms with Crippen molar-refractivity contribution in [2.24, 2.45) is 0 Å². The van der Waals surface area contributed by atoms with E-state index in [9.17, 15) is 0 Å². The van der Waals surface area contributed by atoms with E-state index in [-0.39, 0.29) is 0 Å². The molecule has 4 rings (SSSR count). The summed E-state index contributed by atoms with van der Waals surface area (Å²) in [4.78, 5) is 5.31. The van der Waals surface area contributed by atoms with E-state index in [1.807, 2.05) is 36.6 Å². The molecule has 0 bridgehead atoms. The second-order valence-electron chi connectivity index (χ2n) is 4.26. The number of fused-ring (bicyclic) bond motifs is 2. The van der Waals surface area contributed by atoms with Crippen molar-refractivity contribution in [3.05, 3.63) is 30.3 Å². The number of hydrogen-bond donors (Lipinski definition) is 0. The third kappa shape index (κ3) is 1.70. The van der Waals surface area contributed by atoms with Gasteiger partial charge in [-0.1, -0.05) is 41.3 Å². The number of benzene rings is 1. The van der Waals surface area contributed by atoms with Crippen molar-refractivity contribution in [1.82, 2.24) is 14.6 Å². The molecule has 2 radical (unpaired) electrons. The maximum atomic E-state index is 6.14. The topological polar surface area (TPSA) is 43.3 Å². The summed E-state index contributed by atoms with van der Waals surface area (Å²) in [6, 6.07) is 9.80.